The van der Waals surface area contributed by atoms with Crippen LogP contribution in [-0.4, -0.2) is 26.3 Å². The minimum atomic E-state index is 0.278. The first-order chi connectivity index (χ1) is 3.93. The van der Waals surface area contributed by atoms with Crippen LogP contribution in [0.2, 0.25) is 0 Å². The Hall–Kier alpha value is -0.120. The Morgan fingerprint density at radius 2 is 2.50 bits per heavy atom. The van der Waals surface area contributed by atoms with Crippen molar-refractivity contribution in [3.63, 3.8) is 0 Å². The zero-order valence-corrected chi connectivity index (χ0v) is 5.02. The molecule has 0 unspecified atom stereocenters. The maximum Gasteiger partial charge on any atom is 0.107 e. The standard InChI is InChI=1S/C5H11NO2/c1-7-8-5-2-3-6-4-5/h5-6H,2-4H2,1H3/t5-/m1/s1. The highest BCUT2D eigenvalue weighted by Crippen LogP contribution is 2.01. The second-order valence-electron chi connectivity index (χ2n) is 1.88. The molecule has 1 saturated heterocycles. The molecule has 1 fully saturated rings. The van der Waals surface area contributed by atoms with Crippen molar-refractivity contribution in [2.24, 2.45) is 0 Å². The number of hydrogen-bond donors (Lipinski definition) is 1. The fraction of sp³-hybridized carbons (Fsp3) is 1.00. The van der Waals surface area contributed by atoms with Crippen LogP contribution in [0.15, 0.2) is 0 Å². The lowest BCUT2D eigenvalue weighted by atomic mass is 10.3. The third kappa shape index (κ3) is 1.43. The molecule has 48 valence electrons. The normalized spacial score (nSPS) is 28.9. The van der Waals surface area contributed by atoms with E-state index in [-0.39, 0.29) is 6.10 Å². The molecular weight excluding hydrogens is 106 g/mol. The number of rotatable bonds is 2. The first-order valence-electron chi connectivity index (χ1n) is 2.83. The van der Waals surface area contributed by atoms with E-state index in [1.165, 1.54) is 0 Å². The Balaban J connectivity index is 2.06. The van der Waals surface area contributed by atoms with Gasteiger partial charge in [-0.1, -0.05) is 0 Å². The molecule has 0 spiro atoms. The van der Waals surface area contributed by atoms with Crippen LogP contribution in [0, 0.1) is 0 Å². The minimum Gasteiger partial charge on any atom is -0.314 e. The summed E-state index contributed by atoms with van der Waals surface area (Å²) >= 11 is 0. The molecule has 1 aliphatic rings. The van der Waals surface area contributed by atoms with E-state index in [9.17, 15) is 0 Å². The largest absolute Gasteiger partial charge is 0.314 e. The average molecular weight is 117 g/mol. The zero-order valence-electron chi connectivity index (χ0n) is 5.02. The Kier molecular flexibility index (Phi) is 2.27. The van der Waals surface area contributed by atoms with Gasteiger partial charge in [0.25, 0.3) is 0 Å². The molecule has 0 aromatic rings. The third-order valence-corrected chi connectivity index (χ3v) is 1.25. The fourth-order valence-corrected chi connectivity index (χ4v) is 0.846. The topological polar surface area (TPSA) is 30.5 Å². The van der Waals surface area contributed by atoms with Crippen LogP contribution in [0.4, 0.5) is 0 Å². The van der Waals surface area contributed by atoms with E-state index in [1.54, 1.807) is 7.11 Å². The maximum atomic E-state index is 4.84. The van der Waals surface area contributed by atoms with Crippen molar-refractivity contribution in [2.75, 3.05) is 20.2 Å². The summed E-state index contributed by atoms with van der Waals surface area (Å²) in [5.74, 6) is 0. The lowest BCUT2D eigenvalue weighted by Crippen LogP contribution is -2.15. The van der Waals surface area contributed by atoms with Crippen LogP contribution in [0.3, 0.4) is 0 Å². The maximum absolute atomic E-state index is 4.84. The third-order valence-electron chi connectivity index (χ3n) is 1.25. The summed E-state index contributed by atoms with van der Waals surface area (Å²) in [5.41, 5.74) is 0. The van der Waals surface area contributed by atoms with Crippen LogP contribution in [-0.2, 0) is 9.78 Å². The predicted octanol–water partition coefficient (Wildman–Crippen LogP) is -0.0737. The minimum absolute atomic E-state index is 0.278. The van der Waals surface area contributed by atoms with Crippen molar-refractivity contribution in [1.82, 2.24) is 5.32 Å². The van der Waals surface area contributed by atoms with Crippen molar-refractivity contribution in [3.8, 4) is 0 Å². The molecule has 1 N–H and O–H groups in total. The van der Waals surface area contributed by atoms with E-state index < -0.39 is 0 Å². The summed E-state index contributed by atoms with van der Waals surface area (Å²) < 4.78 is 0. The highest BCUT2D eigenvalue weighted by atomic mass is 17.2. The summed E-state index contributed by atoms with van der Waals surface area (Å²) in [7, 11) is 1.54. The summed E-state index contributed by atoms with van der Waals surface area (Å²) in [4.78, 5) is 9.33. The summed E-state index contributed by atoms with van der Waals surface area (Å²) in [6.45, 7) is 1.97. The van der Waals surface area contributed by atoms with E-state index in [1.807, 2.05) is 0 Å². The molecule has 1 heterocycles. The molecule has 3 nitrogen and oxygen atoms in total. The highest BCUT2D eigenvalue weighted by molar-refractivity contribution is 4.69. The van der Waals surface area contributed by atoms with Crippen molar-refractivity contribution in [2.45, 2.75) is 12.5 Å². The predicted molar refractivity (Wildman–Crippen MR) is 29.4 cm³/mol. The van der Waals surface area contributed by atoms with Gasteiger partial charge in [0.15, 0.2) is 0 Å². The second-order valence-corrected chi connectivity index (χ2v) is 1.88. The van der Waals surface area contributed by atoms with Gasteiger partial charge >= 0.3 is 0 Å². The summed E-state index contributed by atoms with van der Waals surface area (Å²) in [6, 6.07) is 0. The molecule has 0 bridgehead atoms. The van der Waals surface area contributed by atoms with E-state index in [0.717, 1.165) is 19.5 Å². The van der Waals surface area contributed by atoms with E-state index >= 15 is 0 Å². The fourth-order valence-electron chi connectivity index (χ4n) is 0.846. The Morgan fingerprint density at radius 3 is 3.00 bits per heavy atom. The van der Waals surface area contributed by atoms with Gasteiger partial charge in [0.1, 0.15) is 6.10 Å². The molecule has 0 amide bonds. The van der Waals surface area contributed by atoms with Crippen molar-refractivity contribution >= 4 is 0 Å². The average Bonchev–Trinajstić information content (AvgIpc) is 2.19. The molecule has 8 heavy (non-hydrogen) atoms. The molecule has 3 heteroatoms. The van der Waals surface area contributed by atoms with Crippen LogP contribution < -0.4 is 5.32 Å². The van der Waals surface area contributed by atoms with Gasteiger partial charge in [-0.25, -0.2) is 9.78 Å². The first-order valence-corrected chi connectivity index (χ1v) is 2.83. The molecular formula is C5H11NO2. The molecule has 0 radical (unpaired) electrons. The van der Waals surface area contributed by atoms with Gasteiger partial charge < -0.3 is 5.32 Å². The van der Waals surface area contributed by atoms with Crippen molar-refractivity contribution in [1.29, 1.82) is 0 Å². The monoisotopic (exact) mass is 117 g/mol. The number of hydrogen-bond acceptors (Lipinski definition) is 3. The van der Waals surface area contributed by atoms with Crippen LogP contribution in [0.5, 0.6) is 0 Å². The molecule has 0 aromatic carbocycles. The molecule has 0 saturated carbocycles. The lowest BCUT2D eigenvalue weighted by molar-refractivity contribution is -0.299. The van der Waals surface area contributed by atoms with Gasteiger partial charge in [0, 0.05) is 6.54 Å². The highest BCUT2D eigenvalue weighted by Gasteiger charge is 2.14. The molecule has 0 aromatic heterocycles. The second kappa shape index (κ2) is 3.02. The van der Waals surface area contributed by atoms with Gasteiger partial charge in [0.05, 0.1) is 7.11 Å². The van der Waals surface area contributed by atoms with Crippen LogP contribution in [0.1, 0.15) is 6.42 Å². The molecule has 0 aliphatic carbocycles. The SMILES string of the molecule is COO[C@@H]1CCNC1. The van der Waals surface area contributed by atoms with Gasteiger partial charge in [-0.3, -0.25) is 0 Å². The summed E-state index contributed by atoms with van der Waals surface area (Å²) in [6.07, 6.45) is 1.34. The van der Waals surface area contributed by atoms with Gasteiger partial charge in [-0.05, 0) is 13.0 Å². The Bertz CT molecular complexity index is 61.4. The number of nitrogens with one attached hydrogen (secondary N) is 1. The zero-order chi connectivity index (χ0) is 5.82. The quantitative estimate of drug-likeness (QED) is 0.405. The first kappa shape index (κ1) is 6.01. The van der Waals surface area contributed by atoms with E-state index in [0.29, 0.717) is 0 Å². The van der Waals surface area contributed by atoms with Gasteiger partial charge in [-0.15, -0.1) is 0 Å². The van der Waals surface area contributed by atoms with E-state index in [4.69, 9.17) is 4.89 Å². The van der Waals surface area contributed by atoms with Crippen LogP contribution >= 0.6 is 0 Å². The van der Waals surface area contributed by atoms with E-state index in [2.05, 4.69) is 10.2 Å². The summed E-state index contributed by atoms with van der Waals surface area (Å²) in [5, 5.41) is 3.15. The van der Waals surface area contributed by atoms with Crippen molar-refractivity contribution < 1.29 is 9.78 Å². The van der Waals surface area contributed by atoms with Crippen molar-refractivity contribution in [3.05, 3.63) is 0 Å². The smallest absolute Gasteiger partial charge is 0.107 e. The van der Waals surface area contributed by atoms with Gasteiger partial charge in [-0.2, -0.15) is 0 Å². The van der Waals surface area contributed by atoms with Crippen LogP contribution in [0.25, 0.3) is 0 Å². The molecule has 1 atom stereocenters. The lowest BCUT2D eigenvalue weighted by Gasteiger charge is -2.03. The van der Waals surface area contributed by atoms with Gasteiger partial charge in [0.2, 0.25) is 0 Å². The molecule has 1 aliphatic heterocycles. The Morgan fingerprint density at radius 1 is 1.62 bits per heavy atom. The molecule has 1 rings (SSSR count). The Labute approximate surface area is 48.9 Å².